The summed E-state index contributed by atoms with van der Waals surface area (Å²) in [6, 6.07) is 0. The molecule has 3 aliphatic rings. The van der Waals surface area contributed by atoms with Gasteiger partial charge in [0.1, 0.15) is 12.2 Å². The number of rotatable bonds is 2. The van der Waals surface area contributed by atoms with Crippen molar-refractivity contribution >= 4 is 11.9 Å². The maximum Gasteiger partial charge on any atom is 0.305 e. The van der Waals surface area contributed by atoms with Gasteiger partial charge in [-0.2, -0.15) is 0 Å². The molecule has 0 fully saturated rings. The van der Waals surface area contributed by atoms with Crippen LogP contribution in [0.15, 0.2) is 34.6 Å². The van der Waals surface area contributed by atoms with Gasteiger partial charge in [-0.05, 0) is 36.6 Å². The summed E-state index contributed by atoms with van der Waals surface area (Å²) in [4.78, 5) is 25.7. The molecule has 130 valence electrons. The van der Waals surface area contributed by atoms with Crippen LogP contribution in [0, 0.1) is 11.3 Å². The molecule has 0 radical (unpaired) electrons. The van der Waals surface area contributed by atoms with Crippen molar-refractivity contribution in [2.24, 2.45) is 11.3 Å². The summed E-state index contributed by atoms with van der Waals surface area (Å²) in [6.07, 6.45) is 3.40. The topological polar surface area (TPSA) is 66.8 Å². The molecule has 0 saturated heterocycles. The average molecular weight is 331 g/mol. The Kier molecular flexibility index (Phi) is 3.95. The normalized spacial score (nSPS) is 35.3. The molecular formula is C19H25NO4. The lowest BCUT2D eigenvalue weighted by Crippen LogP contribution is -2.49. The molecule has 0 unspecified atom stereocenters. The zero-order valence-corrected chi connectivity index (χ0v) is 14.9. The summed E-state index contributed by atoms with van der Waals surface area (Å²) in [5.41, 5.74) is 3.50. The van der Waals surface area contributed by atoms with Crippen LogP contribution in [0.3, 0.4) is 0 Å². The molecule has 0 aromatic rings. The Morgan fingerprint density at radius 3 is 2.79 bits per heavy atom. The molecular weight excluding hydrogens is 306 g/mol. The number of aliphatic hydroxyl groups excluding tert-OH is 1. The Labute approximate surface area is 142 Å². The Hall–Kier alpha value is -1.88. The molecule has 24 heavy (non-hydrogen) atoms. The van der Waals surface area contributed by atoms with Gasteiger partial charge in [-0.25, -0.2) is 0 Å². The number of allylic oxidation sites excluding steroid dienone is 3. The van der Waals surface area contributed by atoms with Gasteiger partial charge in [-0.3, -0.25) is 9.59 Å². The molecule has 5 nitrogen and oxygen atoms in total. The summed E-state index contributed by atoms with van der Waals surface area (Å²) >= 11 is 0. The van der Waals surface area contributed by atoms with E-state index in [4.69, 9.17) is 4.74 Å². The molecule has 1 amide bonds. The van der Waals surface area contributed by atoms with Crippen molar-refractivity contribution in [1.29, 1.82) is 0 Å². The third-order valence-corrected chi connectivity index (χ3v) is 5.99. The quantitative estimate of drug-likeness (QED) is 0.789. The van der Waals surface area contributed by atoms with Crippen LogP contribution in [0.25, 0.3) is 0 Å². The van der Waals surface area contributed by atoms with Crippen molar-refractivity contribution < 1.29 is 19.4 Å². The highest BCUT2D eigenvalue weighted by molar-refractivity contribution is 6.00. The summed E-state index contributed by atoms with van der Waals surface area (Å²) in [6.45, 7) is 7.75. The van der Waals surface area contributed by atoms with Gasteiger partial charge in [0.25, 0.3) is 5.91 Å². The monoisotopic (exact) mass is 331 g/mol. The molecule has 0 spiro atoms. The van der Waals surface area contributed by atoms with E-state index in [0.717, 1.165) is 22.4 Å². The van der Waals surface area contributed by atoms with Gasteiger partial charge in [0.15, 0.2) is 0 Å². The van der Waals surface area contributed by atoms with E-state index < -0.39 is 12.2 Å². The number of ether oxygens (including phenoxy) is 1. The lowest BCUT2D eigenvalue weighted by molar-refractivity contribution is -0.161. The number of carbonyl (C=O) groups is 2. The van der Waals surface area contributed by atoms with Crippen molar-refractivity contribution in [2.45, 2.75) is 52.7 Å². The van der Waals surface area contributed by atoms with Crippen LogP contribution in [0.2, 0.25) is 0 Å². The largest absolute Gasteiger partial charge is 0.459 e. The molecule has 0 aromatic heterocycles. The predicted octanol–water partition coefficient (Wildman–Crippen LogP) is 2.33. The van der Waals surface area contributed by atoms with Crippen LogP contribution >= 0.6 is 0 Å². The first-order valence-corrected chi connectivity index (χ1v) is 8.50. The predicted molar refractivity (Wildman–Crippen MR) is 89.7 cm³/mol. The number of amides is 1. The van der Waals surface area contributed by atoms with E-state index in [1.165, 1.54) is 0 Å². The number of hydrogen-bond donors (Lipinski definition) is 1. The van der Waals surface area contributed by atoms with Crippen molar-refractivity contribution in [2.75, 3.05) is 7.05 Å². The van der Waals surface area contributed by atoms with E-state index >= 15 is 0 Å². The highest BCUT2D eigenvalue weighted by atomic mass is 16.6. The molecule has 1 aliphatic heterocycles. The maximum atomic E-state index is 12.3. The maximum absolute atomic E-state index is 12.3. The summed E-state index contributed by atoms with van der Waals surface area (Å²) in [5.74, 6) is -0.326. The number of hydrogen-bond acceptors (Lipinski definition) is 4. The van der Waals surface area contributed by atoms with Crippen LogP contribution in [0.5, 0.6) is 0 Å². The lowest BCUT2D eigenvalue weighted by atomic mass is 9.59. The van der Waals surface area contributed by atoms with Gasteiger partial charge >= 0.3 is 5.97 Å². The second kappa shape index (κ2) is 5.59. The van der Waals surface area contributed by atoms with Crippen LogP contribution < -0.4 is 0 Å². The van der Waals surface area contributed by atoms with Crippen LogP contribution in [-0.4, -0.2) is 41.1 Å². The van der Waals surface area contributed by atoms with Crippen LogP contribution in [0.4, 0.5) is 0 Å². The molecule has 0 bridgehead atoms. The van der Waals surface area contributed by atoms with Gasteiger partial charge < -0.3 is 14.7 Å². The molecule has 1 N–H and O–H groups in total. The molecule has 0 aromatic carbocycles. The Balaban J connectivity index is 2.04. The lowest BCUT2D eigenvalue weighted by Gasteiger charge is -2.48. The van der Waals surface area contributed by atoms with Crippen LogP contribution in [-0.2, 0) is 14.3 Å². The van der Waals surface area contributed by atoms with Gasteiger partial charge in [-0.1, -0.05) is 20.8 Å². The van der Waals surface area contributed by atoms with Gasteiger partial charge in [0.2, 0.25) is 0 Å². The minimum Gasteiger partial charge on any atom is -0.459 e. The number of likely N-dealkylation sites (N-methyl/N-ethyl adjacent to an activating group) is 1. The fourth-order valence-corrected chi connectivity index (χ4v) is 4.08. The van der Waals surface area contributed by atoms with Crippen molar-refractivity contribution in [1.82, 2.24) is 4.90 Å². The second-order valence-electron chi connectivity index (χ2n) is 7.30. The van der Waals surface area contributed by atoms with Gasteiger partial charge in [0, 0.05) is 36.1 Å². The number of fused-ring (bicyclic) bond motifs is 2. The van der Waals surface area contributed by atoms with E-state index in [-0.39, 0.29) is 29.6 Å². The van der Waals surface area contributed by atoms with Crippen molar-refractivity contribution in [3.63, 3.8) is 0 Å². The van der Waals surface area contributed by atoms with E-state index in [9.17, 15) is 14.7 Å². The zero-order chi connectivity index (χ0) is 17.8. The third-order valence-electron chi connectivity index (χ3n) is 5.99. The molecule has 0 saturated carbocycles. The summed E-state index contributed by atoms with van der Waals surface area (Å²) < 4.78 is 5.51. The highest BCUT2D eigenvalue weighted by Crippen LogP contribution is 2.54. The first-order chi connectivity index (χ1) is 11.2. The Morgan fingerprint density at radius 2 is 2.17 bits per heavy atom. The van der Waals surface area contributed by atoms with Crippen molar-refractivity contribution in [3.05, 3.63) is 34.6 Å². The van der Waals surface area contributed by atoms with E-state index in [1.807, 2.05) is 19.9 Å². The SMILES string of the molecule is CCC(=O)O[C@H]1[C@H](O)C=C2C=C3C(=C(C)C(=O)N3C)C[C@]2(C)[C@H]1C. The first-order valence-electron chi connectivity index (χ1n) is 8.50. The zero-order valence-electron chi connectivity index (χ0n) is 14.9. The molecule has 2 aliphatic carbocycles. The fraction of sp³-hybridized carbons (Fsp3) is 0.579. The second-order valence-corrected chi connectivity index (χ2v) is 7.30. The Bertz CT molecular complexity index is 702. The van der Waals surface area contributed by atoms with E-state index in [1.54, 1.807) is 24.9 Å². The molecule has 3 rings (SSSR count). The minimum absolute atomic E-state index is 0.0289. The standard InChI is InChI=1S/C19H25NO4/c1-6-16(22)24-17-11(3)19(4)9-13-10(2)18(23)20(5)14(13)7-12(19)8-15(17)21/h7-8,11,15,17,21H,6,9H2,1-5H3/t11-,15+,17+,19+/m0/s1. The first kappa shape index (κ1) is 17.0. The van der Waals surface area contributed by atoms with Gasteiger partial charge in [0.05, 0.1) is 0 Å². The van der Waals surface area contributed by atoms with Crippen molar-refractivity contribution in [3.8, 4) is 0 Å². The number of esters is 1. The summed E-state index contributed by atoms with van der Waals surface area (Å²) in [5, 5.41) is 10.5. The average Bonchev–Trinajstić information content (AvgIpc) is 2.75. The molecule has 5 heteroatoms. The summed E-state index contributed by atoms with van der Waals surface area (Å²) in [7, 11) is 1.78. The van der Waals surface area contributed by atoms with E-state index in [0.29, 0.717) is 6.42 Å². The number of nitrogens with zero attached hydrogens (tertiary/aromatic N) is 1. The Morgan fingerprint density at radius 1 is 1.50 bits per heavy atom. The number of carbonyl (C=O) groups excluding carboxylic acids is 2. The van der Waals surface area contributed by atoms with E-state index in [2.05, 4.69) is 6.92 Å². The fourth-order valence-electron chi connectivity index (χ4n) is 4.08. The van der Waals surface area contributed by atoms with Gasteiger partial charge in [-0.15, -0.1) is 0 Å². The number of aliphatic hydroxyl groups is 1. The smallest absolute Gasteiger partial charge is 0.305 e. The molecule has 1 heterocycles. The third kappa shape index (κ3) is 2.25. The molecule has 4 atom stereocenters. The minimum atomic E-state index is -0.829. The highest BCUT2D eigenvalue weighted by Gasteiger charge is 2.50. The van der Waals surface area contributed by atoms with Crippen LogP contribution in [0.1, 0.15) is 40.5 Å².